The van der Waals surface area contributed by atoms with Crippen LogP contribution in [0.5, 0.6) is 11.5 Å². The van der Waals surface area contributed by atoms with Crippen LogP contribution in [-0.4, -0.2) is 28.9 Å². The number of para-hydroxylation sites is 1. The molecule has 1 aliphatic heterocycles. The molecule has 5 nitrogen and oxygen atoms in total. The molecule has 0 saturated carbocycles. The monoisotopic (exact) mass is 421 g/mol. The van der Waals surface area contributed by atoms with Crippen LogP contribution in [0, 0.1) is 12.8 Å². The number of nitrogens with one attached hydrogen (secondary N) is 1. The van der Waals surface area contributed by atoms with Gasteiger partial charge in [0.2, 0.25) is 5.91 Å². The van der Waals surface area contributed by atoms with Gasteiger partial charge >= 0.3 is 0 Å². The van der Waals surface area contributed by atoms with Crippen molar-refractivity contribution in [2.45, 2.75) is 32.9 Å². The SMILES string of the molecule is Cc1nc(CN2CCC(C(=O)NCc3cccc(Oc4ccccc4)c3)CC2)cs1. The summed E-state index contributed by atoms with van der Waals surface area (Å²) in [5.74, 6) is 1.81. The number of amides is 1. The van der Waals surface area contributed by atoms with Crippen LogP contribution >= 0.6 is 11.3 Å². The largest absolute Gasteiger partial charge is 0.457 e. The highest BCUT2D eigenvalue weighted by Crippen LogP contribution is 2.23. The van der Waals surface area contributed by atoms with Gasteiger partial charge in [-0.1, -0.05) is 30.3 Å². The summed E-state index contributed by atoms with van der Waals surface area (Å²) in [4.78, 5) is 19.6. The van der Waals surface area contributed by atoms with Crippen molar-refractivity contribution in [2.24, 2.45) is 5.92 Å². The topological polar surface area (TPSA) is 54.5 Å². The molecule has 2 aromatic carbocycles. The number of hydrogen-bond acceptors (Lipinski definition) is 5. The molecule has 1 aliphatic rings. The fraction of sp³-hybridized carbons (Fsp3) is 0.333. The van der Waals surface area contributed by atoms with E-state index >= 15 is 0 Å². The quantitative estimate of drug-likeness (QED) is 0.597. The first-order valence-corrected chi connectivity index (χ1v) is 11.3. The van der Waals surface area contributed by atoms with Crippen LogP contribution in [0.1, 0.15) is 29.1 Å². The highest BCUT2D eigenvalue weighted by atomic mass is 32.1. The third-order valence-electron chi connectivity index (χ3n) is 5.35. The molecular weight excluding hydrogens is 394 g/mol. The fourth-order valence-electron chi connectivity index (χ4n) is 3.74. The summed E-state index contributed by atoms with van der Waals surface area (Å²) in [5, 5.41) is 6.34. The van der Waals surface area contributed by atoms with E-state index in [-0.39, 0.29) is 11.8 Å². The van der Waals surface area contributed by atoms with Crippen LogP contribution in [0.2, 0.25) is 0 Å². The number of carbonyl (C=O) groups is 1. The third kappa shape index (κ3) is 5.68. The second kappa shape index (κ2) is 9.87. The van der Waals surface area contributed by atoms with E-state index in [2.05, 4.69) is 20.6 Å². The number of rotatable bonds is 7. The van der Waals surface area contributed by atoms with Gasteiger partial charge in [0.05, 0.1) is 10.7 Å². The molecule has 0 radical (unpaired) electrons. The molecule has 1 amide bonds. The molecule has 4 rings (SSSR count). The molecule has 1 saturated heterocycles. The van der Waals surface area contributed by atoms with Crippen molar-refractivity contribution in [3.63, 3.8) is 0 Å². The molecule has 0 unspecified atom stereocenters. The molecule has 0 aliphatic carbocycles. The molecule has 30 heavy (non-hydrogen) atoms. The van der Waals surface area contributed by atoms with Crippen molar-refractivity contribution in [3.05, 3.63) is 76.2 Å². The Hall–Kier alpha value is -2.70. The first-order chi connectivity index (χ1) is 14.7. The van der Waals surface area contributed by atoms with Gasteiger partial charge in [0, 0.05) is 24.4 Å². The Labute approximate surface area is 181 Å². The van der Waals surface area contributed by atoms with Gasteiger partial charge in [-0.2, -0.15) is 0 Å². The molecule has 0 spiro atoms. The molecule has 3 aromatic rings. The number of piperidine rings is 1. The average Bonchev–Trinajstić information content (AvgIpc) is 3.18. The summed E-state index contributed by atoms with van der Waals surface area (Å²) >= 11 is 1.69. The Morgan fingerprint density at radius 2 is 1.90 bits per heavy atom. The van der Waals surface area contributed by atoms with E-state index in [1.54, 1.807) is 11.3 Å². The first-order valence-electron chi connectivity index (χ1n) is 10.4. The van der Waals surface area contributed by atoms with Crippen LogP contribution in [0.3, 0.4) is 0 Å². The number of aryl methyl sites for hydroxylation is 1. The van der Waals surface area contributed by atoms with Gasteiger partial charge in [0.1, 0.15) is 11.5 Å². The van der Waals surface area contributed by atoms with Crippen LogP contribution in [0.25, 0.3) is 0 Å². The number of likely N-dealkylation sites (tertiary alicyclic amines) is 1. The van der Waals surface area contributed by atoms with Gasteiger partial charge < -0.3 is 10.1 Å². The number of hydrogen-bond donors (Lipinski definition) is 1. The molecule has 6 heteroatoms. The Balaban J connectivity index is 1.23. The number of nitrogens with zero attached hydrogens (tertiary/aromatic N) is 2. The minimum atomic E-state index is 0.0853. The minimum Gasteiger partial charge on any atom is -0.457 e. The maximum Gasteiger partial charge on any atom is 0.223 e. The number of ether oxygens (including phenoxy) is 1. The Morgan fingerprint density at radius 1 is 1.13 bits per heavy atom. The normalized spacial score (nSPS) is 15.1. The van der Waals surface area contributed by atoms with E-state index in [1.807, 2.05) is 61.5 Å². The summed E-state index contributed by atoms with van der Waals surface area (Å²) in [5.41, 5.74) is 2.17. The molecule has 156 valence electrons. The molecule has 1 fully saturated rings. The maximum absolute atomic E-state index is 12.6. The van der Waals surface area contributed by atoms with E-state index < -0.39 is 0 Å². The zero-order chi connectivity index (χ0) is 20.8. The second-order valence-corrected chi connectivity index (χ2v) is 8.75. The number of carbonyl (C=O) groups excluding carboxylic acids is 1. The predicted molar refractivity (Wildman–Crippen MR) is 120 cm³/mol. The lowest BCUT2D eigenvalue weighted by atomic mass is 9.95. The van der Waals surface area contributed by atoms with Crippen molar-refractivity contribution in [1.29, 1.82) is 0 Å². The lowest BCUT2D eigenvalue weighted by Gasteiger charge is -2.30. The van der Waals surface area contributed by atoms with Gasteiger partial charge in [0.15, 0.2) is 0 Å². The molecule has 2 heterocycles. The second-order valence-electron chi connectivity index (χ2n) is 7.69. The third-order valence-corrected chi connectivity index (χ3v) is 6.18. The zero-order valence-corrected chi connectivity index (χ0v) is 18.0. The van der Waals surface area contributed by atoms with Crippen molar-refractivity contribution in [3.8, 4) is 11.5 Å². The highest BCUT2D eigenvalue weighted by molar-refractivity contribution is 7.09. The first kappa shape index (κ1) is 20.6. The van der Waals surface area contributed by atoms with Crippen LogP contribution < -0.4 is 10.1 Å². The van der Waals surface area contributed by atoms with Crippen molar-refractivity contribution >= 4 is 17.2 Å². The summed E-state index contributed by atoms with van der Waals surface area (Å²) in [6.45, 7) is 5.31. The summed E-state index contributed by atoms with van der Waals surface area (Å²) in [6, 6.07) is 17.6. The highest BCUT2D eigenvalue weighted by Gasteiger charge is 2.25. The molecular formula is C24H27N3O2S. The summed E-state index contributed by atoms with van der Waals surface area (Å²) in [7, 11) is 0. The fourth-order valence-corrected chi connectivity index (χ4v) is 4.34. The summed E-state index contributed by atoms with van der Waals surface area (Å²) < 4.78 is 5.88. The van der Waals surface area contributed by atoms with Crippen LogP contribution in [0.15, 0.2) is 60.0 Å². The molecule has 0 bridgehead atoms. The zero-order valence-electron chi connectivity index (χ0n) is 17.2. The lowest BCUT2D eigenvalue weighted by Crippen LogP contribution is -2.40. The van der Waals surface area contributed by atoms with Gasteiger partial charge in [-0.3, -0.25) is 9.69 Å². The maximum atomic E-state index is 12.6. The molecule has 1 aromatic heterocycles. The standard InChI is InChI=1S/C24H27N3O2S/c1-18-26-21(17-30-18)16-27-12-10-20(11-13-27)24(28)25-15-19-6-5-9-23(14-19)29-22-7-3-2-4-8-22/h2-9,14,17,20H,10-13,15-16H2,1H3,(H,25,28). The van der Waals surface area contributed by atoms with E-state index in [9.17, 15) is 4.79 Å². The number of aromatic nitrogens is 1. The Bertz CT molecular complexity index is 965. The van der Waals surface area contributed by atoms with Gasteiger partial charge in [0.25, 0.3) is 0 Å². The van der Waals surface area contributed by atoms with Gasteiger partial charge in [-0.15, -0.1) is 11.3 Å². The summed E-state index contributed by atoms with van der Waals surface area (Å²) in [6.07, 6.45) is 1.79. The van der Waals surface area contributed by atoms with Crippen molar-refractivity contribution in [1.82, 2.24) is 15.2 Å². The van der Waals surface area contributed by atoms with Gasteiger partial charge in [-0.25, -0.2) is 4.98 Å². The van der Waals surface area contributed by atoms with E-state index in [0.717, 1.165) is 60.2 Å². The minimum absolute atomic E-state index is 0.0853. The van der Waals surface area contributed by atoms with E-state index in [0.29, 0.717) is 6.54 Å². The smallest absolute Gasteiger partial charge is 0.223 e. The molecule has 0 atom stereocenters. The van der Waals surface area contributed by atoms with Gasteiger partial charge in [-0.05, 0) is 62.7 Å². The Kier molecular flexibility index (Phi) is 6.77. The lowest BCUT2D eigenvalue weighted by molar-refractivity contribution is -0.126. The van der Waals surface area contributed by atoms with Crippen molar-refractivity contribution < 1.29 is 9.53 Å². The van der Waals surface area contributed by atoms with Crippen LogP contribution in [-0.2, 0) is 17.9 Å². The number of benzene rings is 2. The average molecular weight is 422 g/mol. The predicted octanol–water partition coefficient (Wildman–Crippen LogP) is 4.77. The molecule has 1 N–H and O–H groups in total. The van der Waals surface area contributed by atoms with Crippen LogP contribution in [0.4, 0.5) is 0 Å². The number of thiazole rings is 1. The Morgan fingerprint density at radius 3 is 2.63 bits per heavy atom. The van der Waals surface area contributed by atoms with Crippen molar-refractivity contribution in [2.75, 3.05) is 13.1 Å². The van der Waals surface area contributed by atoms with E-state index in [4.69, 9.17) is 4.74 Å². The van der Waals surface area contributed by atoms with E-state index in [1.165, 1.54) is 0 Å².